The molecule has 0 aliphatic carbocycles. The average Bonchev–Trinajstić information content (AvgIpc) is 2.76. The fourth-order valence-electron chi connectivity index (χ4n) is 2.86. The first-order valence-corrected chi connectivity index (χ1v) is 11.1. The number of carbonyl (C=O) groups is 4. The average molecular weight is 465 g/mol. The number of rotatable bonds is 13. The molecule has 1 atom stereocenters. The van der Waals surface area contributed by atoms with E-state index >= 15 is 0 Å². The Hall–Kier alpha value is -3.10. The molecular weight excluding hydrogens is 428 g/mol. The van der Waals surface area contributed by atoms with Gasteiger partial charge in [0.25, 0.3) is 0 Å². The van der Waals surface area contributed by atoms with E-state index in [4.69, 9.17) is 14.2 Å². The van der Waals surface area contributed by atoms with Crippen LogP contribution < -0.4 is 10.6 Å². The molecule has 33 heavy (non-hydrogen) atoms. The van der Waals surface area contributed by atoms with Crippen molar-refractivity contribution in [3.05, 3.63) is 35.9 Å². The lowest BCUT2D eigenvalue weighted by Crippen LogP contribution is -2.42. The van der Waals surface area contributed by atoms with Crippen LogP contribution in [-0.4, -0.2) is 49.2 Å². The molecule has 0 saturated carbocycles. The Morgan fingerprint density at radius 2 is 1.67 bits per heavy atom. The number of alkyl carbamates (subject to hydrolysis) is 1. The van der Waals surface area contributed by atoms with Gasteiger partial charge in [-0.05, 0) is 45.6 Å². The first-order chi connectivity index (χ1) is 15.6. The van der Waals surface area contributed by atoms with Crippen LogP contribution >= 0.6 is 0 Å². The highest BCUT2D eigenvalue weighted by Gasteiger charge is 2.24. The Kier molecular flexibility index (Phi) is 12.6. The van der Waals surface area contributed by atoms with Gasteiger partial charge >= 0.3 is 18.0 Å². The van der Waals surface area contributed by atoms with E-state index in [-0.39, 0.29) is 31.8 Å². The molecule has 0 fully saturated rings. The second kappa shape index (κ2) is 14.9. The van der Waals surface area contributed by atoms with E-state index < -0.39 is 29.7 Å². The molecule has 9 nitrogen and oxygen atoms in total. The van der Waals surface area contributed by atoms with Crippen molar-refractivity contribution in [3.63, 3.8) is 0 Å². The van der Waals surface area contributed by atoms with Gasteiger partial charge in [-0.25, -0.2) is 9.59 Å². The van der Waals surface area contributed by atoms with Gasteiger partial charge in [0.1, 0.15) is 18.2 Å². The molecule has 184 valence electrons. The molecule has 0 aromatic heterocycles. The van der Waals surface area contributed by atoms with Crippen LogP contribution in [0.3, 0.4) is 0 Å². The third-order valence-corrected chi connectivity index (χ3v) is 4.44. The van der Waals surface area contributed by atoms with Crippen LogP contribution in [0.1, 0.15) is 64.9 Å². The fourth-order valence-corrected chi connectivity index (χ4v) is 2.86. The number of hydrogen-bond donors (Lipinski definition) is 2. The molecule has 1 aromatic rings. The number of methoxy groups -OCH3 is 1. The van der Waals surface area contributed by atoms with E-state index in [1.807, 2.05) is 30.3 Å². The van der Waals surface area contributed by atoms with E-state index in [0.29, 0.717) is 25.8 Å². The molecule has 9 heteroatoms. The Balaban J connectivity index is 2.21. The molecule has 0 aliphatic heterocycles. The summed E-state index contributed by atoms with van der Waals surface area (Å²) in [5.41, 5.74) is 0.296. The van der Waals surface area contributed by atoms with Crippen LogP contribution in [0.2, 0.25) is 0 Å². The Morgan fingerprint density at radius 3 is 2.30 bits per heavy atom. The van der Waals surface area contributed by atoms with E-state index in [1.165, 1.54) is 7.11 Å². The third-order valence-electron chi connectivity index (χ3n) is 4.44. The number of nitrogens with one attached hydrogen (secondary N) is 2. The monoisotopic (exact) mass is 464 g/mol. The highest BCUT2D eigenvalue weighted by Crippen LogP contribution is 2.11. The van der Waals surface area contributed by atoms with Crippen molar-refractivity contribution in [1.82, 2.24) is 10.6 Å². The number of unbranched alkanes of at least 4 members (excludes halogenated alkanes) is 2. The molecule has 0 heterocycles. The zero-order valence-electron chi connectivity index (χ0n) is 20.0. The number of ether oxygens (including phenoxy) is 3. The van der Waals surface area contributed by atoms with Gasteiger partial charge in [-0.1, -0.05) is 36.8 Å². The third kappa shape index (κ3) is 13.8. The summed E-state index contributed by atoms with van der Waals surface area (Å²) in [7, 11) is 1.23. The summed E-state index contributed by atoms with van der Waals surface area (Å²) in [6.45, 7) is 5.92. The highest BCUT2D eigenvalue weighted by atomic mass is 16.6. The molecular formula is C24H36N2O7. The van der Waals surface area contributed by atoms with Gasteiger partial charge in [0.05, 0.1) is 7.11 Å². The summed E-state index contributed by atoms with van der Waals surface area (Å²) in [6.07, 6.45) is 1.82. The van der Waals surface area contributed by atoms with Crippen LogP contribution in [0.5, 0.6) is 0 Å². The predicted octanol–water partition coefficient (Wildman–Crippen LogP) is 3.25. The van der Waals surface area contributed by atoms with Crippen LogP contribution in [0.15, 0.2) is 30.3 Å². The Morgan fingerprint density at radius 1 is 0.970 bits per heavy atom. The summed E-state index contributed by atoms with van der Waals surface area (Å²) >= 11 is 0. The molecule has 2 amide bonds. The molecule has 0 spiro atoms. The van der Waals surface area contributed by atoms with Crippen LogP contribution in [0.25, 0.3) is 0 Å². The number of amides is 2. The topological polar surface area (TPSA) is 120 Å². The summed E-state index contributed by atoms with van der Waals surface area (Å²) in [5, 5.41) is 5.29. The van der Waals surface area contributed by atoms with Crippen molar-refractivity contribution in [3.8, 4) is 0 Å². The van der Waals surface area contributed by atoms with Gasteiger partial charge in [-0.15, -0.1) is 0 Å². The van der Waals surface area contributed by atoms with Crippen molar-refractivity contribution in [2.24, 2.45) is 0 Å². The molecule has 1 aromatic carbocycles. The van der Waals surface area contributed by atoms with Crippen LogP contribution in [0.4, 0.5) is 4.79 Å². The van der Waals surface area contributed by atoms with Gasteiger partial charge in [0.2, 0.25) is 5.91 Å². The van der Waals surface area contributed by atoms with Gasteiger partial charge in [0, 0.05) is 19.4 Å². The number of esters is 2. The highest BCUT2D eigenvalue weighted by molar-refractivity contribution is 5.84. The standard InChI is InChI=1S/C24H36N2O7/c1-24(2,3)33-21(28)15-14-19(22(29)31-4)26-20(27)13-9-6-10-16-25-23(30)32-17-18-11-7-5-8-12-18/h5,7-8,11-12,19H,6,9-10,13-17H2,1-4H3,(H,25,30)(H,26,27)/t19-/m0/s1. The van der Waals surface area contributed by atoms with Crippen molar-refractivity contribution >= 4 is 23.9 Å². The minimum Gasteiger partial charge on any atom is -0.467 e. The van der Waals surface area contributed by atoms with E-state index in [1.54, 1.807) is 20.8 Å². The number of benzene rings is 1. The second-order valence-corrected chi connectivity index (χ2v) is 8.57. The van der Waals surface area contributed by atoms with Gasteiger partial charge in [0.15, 0.2) is 0 Å². The zero-order valence-corrected chi connectivity index (χ0v) is 20.0. The van der Waals surface area contributed by atoms with E-state index in [0.717, 1.165) is 5.56 Å². The van der Waals surface area contributed by atoms with Crippen LogP contribution in [0, 0.1) is 0 Å². The van der Waals surface area contributed by atoms with Crippen molar-refractivity contribution < 1.29 is 33.4 Å². The van der Waals surface area contributed by atoms with Gasteiger partial charge in [-0.3, -0.25) is 9.59 Å². The fraction of sp³-hybridized carbons (Fsp3) is 0.583. The SMILES string of the molecule is COC(=O)[C@H](CCC(=O)OC(C)(C)C)NC(=O)CCCCCNC(=O)OCc1ccccc1. The lowest BCUT2D eigenvalue weighted by atomic mass is 10.1. The maximum atomic E-state index is 12.2. The summed E-state index contributed by atoms with van der Waals surface area (Å²) in [4.78, 5) is 47.7. The molecule has 0 saturated heterocycles. The van der Waals surface area contributed by atoms with Crippen molar-refractivity contribution in [2.75, 3.05) is 13.7 Å². The summed E-state index contributed by atoms with van der Waals surface area (Å²) in [5.74, 6) is -1.35. The minimum absolute atomic E-state index is 0.0106. The maximum Gasteiger partial charge on any atom is 0.407 e. The molecule has 0 radical (unpaired) electrons. The second-order valence-electron chi connectivity index (χ2n) is 8.57. The molecule has 0 unspecified atom stereocenters. The van der Waals surface area contributed by atoms with Crippen molar-refractivity contribution in [1.29, 1.82) is 0 Å². The van der Waals surface area contributed by atoms with Crippen LogP contribution in [-0.2, 0) is 35.2 Å². The molecule has 1 rings (SSSR count). The Bertz CT molecular complexity index is 760. The number of carbonyl (C=O) groups excluding carboxylic acids is 4. The first kappa shape index (κ1) is 27.9. The van der Waals surface area contributed by atoms with E-state index in [2.05, 4.69) is 10.6 Å². The zero-order chi connectivity index (χ0) is 24.7. The molecule has 2 N–H and O–H groups in total. The largest absolute Gasteiger partial charge is 0.467 e. The summed E-state index contributed by atoms with van der Waals surface area (Å²) < 4.78 is 15.1. The number of hydrogen-bond acceptors (Lipinski definition) is 7. The quantitative estimate of drug-likeness (QED) is 0.261. The van der Waals surface area contributed by atoms with Gasteiger partial charge < -0.3 is 24.8 Å². The molecule has 0 aliphatic rings. The molecule has 0 bridgehead atoms. The predicted molar refractivity (Wildman–Crippen MR) is 122 cm³/mol. The normalized spacial score (nSPS) is 11.8. The smallest absolute Gasteiger partial charge is 0.407 e. The van der Waals surface area contributed by atoms with Gasteiger partial charge in [-0.2, -0.15) is 0 Å². The van der Waals surface area contributed by atoms with E-state index in [9.17, 15) is 19.2 Å². The summed E-state index contributed by atoms with van der Waals surface area (Å²) in [6, 6.07) is 8.49. The first-order valence-electron chi connectivity index (χ1n) is 11.1. The maximum absolute atomic E-state index is 12.2. The lowest BCUT2D eigenvalue weighted by molar-refractivity contribution is -0.155. The minimum atomic E-state index is -0.906. The Labute approximate surface area is 195 Å². The van der Waals surface area contributed by atoms with Crippen molar-refractivity contribution in [2.45, 2.75) is 77.5 Å². The lowest BCUT2D eigenvalue weighted by Gasteiger charge is -2.21.